The standard InChI is InChI=1S/C13H10N2O4S/c1-8-2-3-10(7-11(8)13(16)17)20-12-6-9(15(18)19)4-5-14-12/h2-7H,1H3,(H,16,17). The summed E-state index contributed by atoms with van der Waals surface area (Å²) in [7, 11) is 0. The molecular weight excluding hydrogens is 280 g/mol. The Kier molecular flexibility index (Phi) is 3.99. The molecule has 1 N–H and O–H groups in total. The van der Waals surface area contributed by atoms with Crippen molar-refractivity contribution in [2.24, 2.45) is 0 Å². The highest BCUT2D eigenvalue weighted by atomic mass is 32.2. The van der Waals surface area contributed by atoms with Crippen LogP contribution in [-0.4, -0.2) is 21.0 Å². The Morgan fingerprint density at radius 3 is 2.75 bits per heavy atom. The van der Waals surface area contributed by atoms with Crippen molar-refractivity contribution in [1.82, 2.24) is 4.98 Å². The first-order valence-electron chi connectivity index (χ1n) is 5.59. The lowest BCUT2D eigenvalue weighted by Crippen LogP contribution is -1.99. The summed E-state index contributed by atoms with van der Waals surface area (Å²) in [5.41, 5.74) is 0.822. The maximum absolute atomic E-state index is 11.1. The molecule has 1 aromatic heterocycles. The molecule has 0 aliphatic carbocycles. The Morgan fingerprint density at radius 2 is 2.10 bits per heavy atom. The summed E-state index contributed by atoms with van der Waals surface area (Å²) in [4.78, 5) is 25.9. The number of aromatic carboxylic acids is 1. The molecule has 0 saturated carbocycles. The van der Waals surface area contributed by atoms with Gasteiger partial charge >= 0.3 is 5.97 Å². The molecule has 0 amide bonds. The normalized spacial score (nSPS) is 10.2. The SMILES string of the molecule is Cc1ccc(Sc2cc([N+](=O)[O-])ccn2)cc1C(=O)O. The monoisotopic (exact) mass is 290 g/mol. The van der Waals surface area contributed by atoms with E-state index in [4.69, 9.17) is 5.11 Å². The van der Waals surface area contributed by atoms with E-state index >= 15 is 0 Å². The molecule has 0 unspecified atom stereocenters. The molecule has 20 heavy (non-hydrogen) atoms. The van der Waals surface area contributed by atoms with Crippen molar-refractivity contribution < 1.29 is 14.8 Å². The number of nitrogens with zero attached hydrogens (tertiary/aromatic N) is 2. The lowest BCUT2D eigenvalue weighted by atomic mass is 10.1. The fraction of sp³-hybridized carbons (Fsp3) is 0.0769. The van der Waals surface area contributed by atoms with Crippen molar-refractivity contribution in [1.29, 1.82) is 0 Å². The smallest absolute Gasteiger partial charge is 0.335 e. The van der Waals surface area contributed by atoms with Crippen molar-refractivity contribution in [2.75, 3.05) is 0 Å². The molecule has 6 nitrogen and oxygen atoms in total. The van der Waals surface area contributed by atoms with Gasteiger partial charge in [-0.1, -0.05) is 17.8 Å². The number of carboxylic acids is 1. The van der Waals surface area contributed by atoms with Crippen LogP contribution in [0.25, 0.3) is 0 Å². The highest BCUT2D eigenvalue weighted by Gasteiger charge is 2.11. The van der Waals surface area contributed by atoms with E-state index < -0.39 is 10.9 Å². The Hall–Kier alpha value is -2.41. The minimum atomic E-state index is -1.00. The van der Waals surface area contributed by atoms with Gasteiger partial charge in [0, 0.05) is 23.2 Å². The molecule has 0 bridgehead atoms. The van der Waals surface area contributed by atoms with Crippen molar-refractivity contribution >= 4 is 23.4 Å². The first-order valence-corrected chi connectivity index (χ1v) is 6.41. The van der Waals surface area contributed by atoms with Gasteiger partial charge in [0.25, 0.3) is 5.69 Å². The zero-order chi connectivity index (χ0) is 14.7. The van der Waals surface area contributed by atoms with Crippen LogP contribution in [0, 0.1) is 17.0 Å². The topological polar surface area (TPSA) is 93.3 Å². The van der Waals surface area contributed by atoms with Crippen LogP contribution in [0.2, 0.25) is 0 Å². The average molecular weight is 290 g/mol. The number of benzene rings is 1. The summed E-state index contributed by atoms with van der Waals surface area (Å²) in [6.45, 7) is 1.71. The maximum Gasteiger partial charge on any atom is 0.335 e. The average Bonchev–Trinajstić information content (AvgIpc) is 2.41. The molecule has 0 radical (unpaired) electrons. The molecular formula is C13H10N2O4S. The zero-order valence-electron chi connectivity index (χ0n) is 10.4. The van der Waals surface area contributed by atoms with E-state index in [1.165, 1.54) is 36.2 Å². The number of pyridine rings is 1. The number of aromatic nitrogens is 1. The quantitative estimate of drug-likeness (QED) is 0.686. The molecule has 0 aliphatic heterocycles. The maximum atomic E-state index is 11.1. The van der Waals surface area contributed by atoms with Gasteiger partial charge in [0.15, 0.2) is 0 Å². The molecule has 2 rings (SSSR count). The number of aryl methyl sites for hydroxylation is 1. The van der Waals surface area contributed by atoms with Gasteiger partial charge in [-0.15, -0.1) is 0 Å². The second kappa shape index (κ2) is 5.70. The highest BCUT2D eigenvalue weighted by Crippen LogP contribution is 2.29. The minimum absolute atomic E-state index is 0.0481. The summed E-state index contributed by atoms with van der Waals surface area (Å²) in [6.07, 6.45) is 1.35. The summed E-state index contributed by atoms with van der Waals surface area (Å²) in [6, 6.07) is 7.64. The Labute approximate surface area is 118 Å². The van der Waals surface area contributed by atoms with Gasteiger partial charge in [-0.25, -0.2) is 9.78 Å². The van der Waals surface area contributed by atoms with Crippen LogP contribution in [0.3, 0.4) is 0 Å². The fourth-order valence-electron chi connectivity index (χ4n) is 1.58. The predicted octanol–water partition coefficient (Wildman–Crippen LogP) is 3.15. The number of rotatable bonds is 4. The lowest BCUT2D eigenvalue weighted by molar-refractivity contribution is -0.385. The molecule has 0 fully saturated rings. The fourth-order valence-corrected chi connectivity index (χ4v) is 2.43. The van der Waals surface area contributed by atoms with Gasteiger partial charge in [-0.05, 0) is 24.6 Å². The van der Waals surface area contributed by atoms with Crippen LogP contribution in [0.4, 0.5) is 5.69 Å². The number of carbonyl (C=O) groups is 1. The lowest BCUT2D eigenvalue weighted by Gasteiger charge is -2.05. The summed E-state index contributed by atoms with van der Waals surface area (Å²) in [5.74, 6) is -1.00. The first-order chi connectivity index (χ1) is 9.47. The van der Waals surface area contributed by atoms with Gasteiger partial charge < -0.3 is 5.11 Å². The van der Waals surface area contributed by atoms with Gasteiger partial charge in [-0.3, -0.25) is 10.1 Å². The van der Waals surface area contributed by atoms with Gasteiger partial charge in [-0.2, -0.15) is 0 Å². The third-order valence-electron chi connectivity index (χ3n) is 2.59. The van der Waals surface area contributed by atoms with Crippen LogP contribution in [0.5, 0.6) is 0 Å². The third kappa shape index (κ3) is 3.12. The van der Waals surface area contributed by atoms with Gasteiger partial charge in [0.1, 0.15) is 5.03 Å². The van der Waals surface area contributed by atoms with Gasteiger partial charge in [0.2, 0.25) is 0 Å². The second-order valence-corrected chi connectivity index (χ2v) is 5.09. The van der Waals surface area contributed by atoms with Crippen molar-refractivity contribution in [2.45, 2.75) is 16.8 Å². The van der Waals surface area contributed by atoms with E-state index in [0.717, 1.165) is 0 Å². The molecule has 0 spiro atoms. The number of hydrogen-bond donors (Lipinski definition) is 1. The molecule has 0 atom stereocenters. The molecule has 2 aromatic rings. The Morgan fingerprint density at radius 1 is 1.35 bits per heavy atom. The van der Waals surface area contributed by atoms with E-state index in [-0.39, 0.29) is 11.3 Å². The van der Waals surface area contributed by atoms with E-state index in [9.17, 15) is 14.9 Å². The highest BCUT2D eigenvalue weighted by molar-refractivity contribution is 7.99. The Balaban J connectivity index is 2.30. The van der Waals surface area contributed by atoms with Crippen LogP contribution < -0.4 is 0 Å². The summed E-state index contributed by atoms with van der Waals surface area (Å²) < 4.78 is 0. The number of carboxylic acid groups (broad SMARTS) is 1. The largest absolute Gasteiger partial charge is 0.478 e. The number of nitro groups is 1. The van der Waals surface area contributed by atoms with Crippen LogP contribution in [0.1, 0.15) is 15.9 Å². The van der Waals surface area contributed by atoms with E-state index in [2.05, 4.69) is 4.98 Å². The predicted molar refractivity (Wildman–Crippen MR) is 73.2 cm³/mol. The zero-order valence-corrected chi connectivity index (χ0v) is 11.3. The van der Waals surface area contributed by atoms with Crippen LogP contribution >= 0.6 is 11.8 Å². The molecule has 1 aromatic carbocycles. The van der Waals surface area contributed by atoms with Crippen molar-refractivity contribution in [3.05, 3.63) is 57.8 Å². The van der Waals surface area contributed by atoms with Crippen molar-refractivity contribution in [3.8, 4) is 0 Å². The first kappa shape index (κ1) is 14.0. The summed E-state index contributed by atoms with van der Waals surface area (Å²) in [5, 5.41) is 20.2. The van der Waals surface area contributed by atoms with E-state index in [1.54, 1.807) is 19.1 Å². The Bertz CT molecular complexity index is 688. The van der Waals surface area contributed by atoms with Crippen LogP contribution in [-0.2, 0) is 0 Å². The van der Waals surface area contributed by atoms with Crippen molar-refractivity contribution in [3.63, 3.8) is 0 Å². The van der Waals surface area contributed by atoms with E-state index in [1.807, 2.05) is 0 Å². The molecule has 0 aliphatic rings. The molecule has 0 saturated heterocycles. The number of hydrogen-bond acceptors (Lipinski definition) is 5. The minimum Gasteiger partial charge on any atom is -0.478 e. The molecule has 102 valence electrons. The van der Waals surface area contributed by atoms with Gasteiger partial charge in [0.05, 0.1) is 10.5 Å². The molecule has 1 heterocycles. The second-order valence-electron chi connectivity index (χ2n) is 3.99. The third-order valence-corrected chi connectivity index (χ3v) is 3.51. The molecule has 7 heteroatoms. The van der Waals surface area contributed by atoms with Crippen LogP contribution in [0.15, 0.2) is 46.5 Å². The summed E-state index contributed by atoms with van der Waals surface area (Å²) >= 11 is 1.18. The van der Waals surface area contributed by atoms with E-state index in [0.29, 0.717) is 15.5 Å².